The molecule has 1 aromatic rings. The highest BCUT2D eigenvalue weighted by atomic mass is 35.5. The zero-order valence-electron chi connectivity index (χ0n) is 13.5. The molecule has 2 N–H and O–H groups in total. The second kappa shape index (κ2) is 7.51. The molecule has 0 spiro atoms. The minimum Gasteiger partial charge on any atom is -0.478 e. The van der Waals surface area contributed by atoms with E-state index in [9.17, 15) is 9.59 Å². The van der Waals surface area contributed by atoms with Crippen molar-refractivity contribution in [3.8, 4) is 0 Å². The van der Waals surface area contributed by atoms with E-state index in [4.69, 9.17) is 16.7 Å². The van der Waals surface area contributed by atoms with Crippen LogP contribution >= 0.6 is 11.6 Å². The first-order valence-electron chi connectivity index (χ1n) is 8.32. The fraction of sp³-hybridized carbons (Fsp3) is 0.529. The second-order valence-electron chi connectivity index (χ2n) is 6.47. The Labute approximate surface area is 146 Å². The quantitative estimate of drug-likeness (QED) is 0.869. The summed E-state index contributed by atoms with van der Waals surface area (Å²) >= 11 is 5.84. The zero-order chi connectivity index (χ0) is 17.1. The molecule has 1 aromatic carbocycles. The average Bonchev–Trinajstić information content (AvgIpc) is 2.56. The van der Waals surface area contributed by atoms with E-state index in [0.29, 0.717) is 18.3 Å². The van der Waals surface area contributed by atoms with Crippen molar-refractivity contribution in [2.75, 3.05) is 38.0 Å². The molecule has 2 heterocycles. The van der Waals surface area contributed by atoms with E-state index in [-0.39, 0.29) is 16.5 Å². The maximum Gasteiger partial charge on any atom is 0.337 e. The van der Waals surface area contributed by atoms with Crippen molar-refractivity contribution in [2.24, 2.45) is 0 Å². The number of hydrogen-bond donors (Lipinski definition) is 2. The van der Waals surface area contributed by atoms with Crippen LogP contribution in [-0.2, 0) is 4.79 Å². The van der Waals surface area contributed by atoms with Gasteiger partial charge in [0, 0.05) is 31.4 Å². The van der Waals surface area contributed by atoms with Crippen LogP contribution in [0.5, 0.6) is 0 Å². The smallest absolute Gasteiger partial charge is 0.337 e. The summed E-state index contributed by atoms with van der Waals surface area (Å²) < 4.78 is 0. The van der Waals surface area contributed by atoms with Crippen molar-refractivity contribution >= 4 is 29.2 Å². The number of amides is 1. The minimum atomic E-state index is -1.11. The number of nitrogens with zero attached hydrogens (tertiary/aromatic N) is 2. The average molecular weight is 352 g/mol. The fourth-order valence-corrected chi connectivity index (χ4v) is 3.73. The highest BCUT2D eigenvalue weighted by Gasteiger charge is 2.29. The number of carbonyl (C=O) groups is 2. The van der Waals surface area contributed by atoms with Gasteiger partial charge in [0.05, 0.1) is 17.1 Å². The number of anilines is 1. The molecule has 0 aromatic heterocycles. The maximum atomic E-state index is 12.3. The summed E-state index contributed by atoms with van der Waals surface area (Å²) in [6.45, 7) is 4.34. The fourth-order valence-electron chi connectivity index (χ4n) is 3.53. The van der Waals surface area contributed by atoms with Gasteiger partial charge in [0.2, 0.25) is 5.91 Å². The molecule has 2 fully saturated rings. The summed E-state index contributed by atoms with van der Waals surface area (Å²) in [6.07, 6.45) is 3.75. The van der Waals surface area contributed by atoms with E-state index in [1.807, 2.05) is 0 Å². The van der Waals surface area contributed by atoms with Crippen molar-refractivity contribution in [2.45, 2.75) is 25.3 Å². The van der Waals surface area contributed by atoms with Gasteiger partial charge in [-0.1, -0.05) is 18.0 Å². The first-order chi connectivity index (χ1) is 11.5. The maximum absolute atomic E-state index is 12.3. The van der Waals surface area contributed by atoms with E-state index < -0.39 is 5.97 Å². The third kappa shape index (κ3) is 4.06. The summed E-state index contributed by atoms with van der Waals surface area (Å²) in [6, 6.07) is 5.06. The van der Waals surface area contributed by atoms with Crippen LogP contribution in [0.2, 0.25) is 5.02 Å². The highest BCUT2D eigenvalue weighted by molar-refractivity contribution is 6.33. The van der Waals surface area contributed by atoms with E-state index >= 15 is 0 Å². The number of piperazine rings is 1. The lowest BCUT2D eigenvalue weighted by Crippen LogP contribution is -2.55. The number of rotatable bonds is 4. The Bertz CT molecular complexity index is 638. The van der Waals surface area contributed by atoms with Gasteiger partial charge in [-0.25, -0.2) is 4.79 Å². The van der Waals surface area contributed by atoms with Gasteiger partial charge in [0.1, 0.15) is 0 Å². The second-order valence-corrected chi connectivity index (χ2v) is 6.88. The van der Waals surface area contributed by atoms with Gasteiger partial charge in [0.15, 0.2) is 0 Å². The number of carboxylic acids is 1. The number of carboxylic acid groups (broad SMARTS) is 1. The molecule has 0 aliphatic carbocycles. The molecule has 0 saturated carbocycles. The number of aromatic carboxylic acids is 1. The van der Waals surface area contributed by atoms with Crippen LogP contribution in [0.3, 0.4) is 0 Å². The summed E-state index contributed by atoms with van der Waals surface area (Å²) in [7, 11) is 0. The molecule has 0 bridgehead atoms. The lowest BCUT2D eigenvalue weighted by Gasteiger charge is -2.43. The molecule has 2 aliphatic rings. The summed E-state index contributed by atoms with van der Waals surface area (Å²) in [4.78, 5) is 28.1. The van der Waals surface area contributed by atoms with Gasteiger partial charge in [0.25, 0.3) is 0 Å². The van der Waals surface area contributed by atoms with Crippen LogP contribution in [0.1, 0.15) is 29.6 Å². The van der Waals surface area contributed by atoms with Gasteiger partial charge in [-0.3, -0.25) is 14.6 Å². The van der Waals surface area contributed by atoms with Crippen LogP contribution in [0, 0.1) is 0 Å². The van der Waals surface area contributed by atoms with Crippen LogP contribution in [0.4, 0.5) is 5.69 Å². The number of nitrogens with one attached hydrogen (secondary N) is 1. The summed E-state index contributed by atoms with van der Waals surface area (Å²) in [5.41, 5.74) is 0.448. The number of hydrogen-bond acceptors (Lipinski definition) is 4. The molecular weight excluding hydrogens is 330 g/mol. The molecule has 130 valence electrons. The van der Waals surface area contributed by atoms with Gasteiger partial charge in [-0.2, -0.15) is 0 Å². The van der Waals surface area contributed by atoms with E-state index in [1.165, 1.54) is 37.9 Å². The third-order valence-electron chi connectivity index (χ3n) is 4.77. The number of fused-ring (bicyclic) bond motifs is 1. The number of benzene rings is 1. The lowest BCUT2D eigenvalue weighted by molar-refractivity contribution is -0.118. The molecule has 2 aliphatic heterocycles. The molecule has 1 unspecified atom stereocenters. The van der Waals surface area contributed by atoms with Crippen molar-refractivity contribution in [3.05, 3.63) is 28.8 Å². The van der Waals surface area contributed by atoms with Gasteiger partial charge in [-0.15, -0.1) is 0 Å². The Morgan fingerprint density at radius 2 is 2.08 bits per heavy atom. The predicted molar refractivity (Wildman–Crippen MR) is 92.7 cm³/mol. The molecule has 1 atom stereocenters. The van der Waals surface area contributed by atoms with Crippen LogP contribution in [-0.4, -0.2) is 65.5 Å². The third-order valence-corrected chi connectivity index (χ3v) is 5.10. The monoisotopic (exact) mass is 351 g/mol. The molecule has 7 heteroatoms. The lowest BCUT2D eigenvalue weighted by atomic mass is 9.99. The van der Waals surface area contributed by atoms with Crippen molar-refractivity contribution in [3.63, 3.8) is 0 Å². The van der Waals surface area contributed by atoms with Crippen molar-refractivity contribution in [1.82, 2.24) is 9.80 Å². The van der Waals surface area contributed by atoms with E-state index in [1.54, 1.807) is 6.07 Å². The molecule has 6 nitrogen and oxygen atoms in total. The van der Waals surface area contributed by atoms with Crippen LogP contribution in [0.15, 0.2) is 18.2 Å². The minimum absolute atomic E-state index is 0.00899. The molecule has 0 radical (unpaired) electrons. The SMILES string of the molecule is O=C(CN1CCN2CCCCC2C1)Nc1ccc(Cl)c(C(=O)O)c1. The largest absolute Gasteiger partial charge is 0.478 e. The zero-order valence-corrected chi connectivity index (χ0v) is 14.3. The van der Waals surface area contributed by atoms with Crippen molar-refractivity contribution in [1.29, 1.82) is 0 Å². The highest BCUT2D eigenvalue weighted by Crippen LogP contribution is 2.22. The van der Waals surface area contributed by atoms with E-state index in [2.05, 4.69) is 15.1 Å². The van der Waals surface area contributed by atoms with Crippen LogP contribution in [0.25, 0.3) is 0 Å². The topological polar surface area (TPSA) is 72.9 Å². The summed E-state index contributed by atoms with van der Waals surface area (Å²) in [5, 5.41) is 12.0. The molecule has 3 rings (SSSR count). The Hall–Kier alpha value is -1.63. The first-order valence-corrected chi connectivity index (χ1v) is 8.70. The number of carbonyl (C=O) groups excluding carboxylic acids is 1. The first kappa shape index (κ1) is 17.2. The molecule has 2 saturated heterocycles. The van der Waals surface area contributed by atoms with E-state index in [0.717, 1.165) is 19.6 Å². The van der Waals surface area contributed by atoms with Crippen molar-refractivity contribution < 1.29 is 14.7 Å². The molecule has 1 amide bonds. The Morgan fingerprint density at radius 1 is 1.25 bits per heavy atom. The Morgan fingerprint density at radius 3 is 2.88 bits per heavy atom. The van der Waals surface area contributed by atoms with Crippen LogP contribution < -0.4 is 5.32 Å². The number of piperidine rings is 1. The Balaban J connectivity index is 1.56. The summed E-state index contributed by atoms with van der Waals surface area (Å²) in [5.74, 6) is -1.23. The predicted octanol–water partition coefficient (Wildman–Crippen LogP) is 2.15. The standard InChI is InChI=1S/C17H22ClN3O3/c18-15-5-4-12(9-14(15)17(23)24)19-16(22)11-20-7-8-21-6-2-1-3-13(21)10-20/h4-5,9,13H,1-3,6-8,10-11H2,(H,19,22)(H,23,24). The molecular formula is C17H22ClN3O3. The van der Waals surface area contributed by atoms with Gasteiger partial charge in [-0.05, 0) is 37.6 Å². The number of halogens is 1. The van der Waals surface area contributed by atoms with Gasteiger partial charge < -0.3 is 10.4 Å². The normalized spacial score (nSPS) is 22.0. The molecule has 24 heavy (non-hydrogen) atoms. The van der Waals surface area contributed by atoms with Gasteiger partial charge >= 0.3 is 5.97 Å². The Kier molecular flexibility index (Phi) is 5.38.